The number of rotatable bonds is 4. The molecule has 0 aliphatic rings. The van der Waals surface area contributed by atoms with Crippen LogP contribution in [-0.4, -0.2) is 23.1 Å². The zero-order chi connectivity index (χ0) is 22.1. The highest BCUT2D eigenvalue weighted by Gasteiger charge is 2.16. The molecule has 0 radical (unpaired) electrons. The normalized spacial score (nSPS) is 10.8. The number of carbonyl (C=O) groups excluding carboxylic acids is 1. The van der Waals surface area contributed by atoms with Gasteiger partial charge in [-0.2, -0.15) is 0 Å². The van der Waals surface area contributed by atoms with E-state index in [1.54, 1.807) is 49.6 Å². The van der Waals surface area contributed by atoms with Crippen molar-refractivity contribution >= 4 is 84.7 Å². The Hall–Kier alpha value is -2.36. The first kappa shape index (κ1) is 21.9. The molecule has 6 nitrogen and oxygen atoms in total. The lowest BCUT2D eigenvalue weighted by atomic mass is 10.2. The third-order valence-electron chi connectivity index (χ3n) is 4.14. The summed E-state index contributed by atoms with van der Waals surface area (Å²) in [7, 11) is 1.54. The molecule has 4 rings (SSSR count). The Morgan fingerprint density at radius 1 is 1.10 bits per heavy atom. The highest BCUT2D eigenvalue weighted by atomic mass is 35.5. The second-order valence-electron chi connectivity index (χ2n) is 6.17. The van der Waals surface area contributed by atoms with E-state index in [1.807, 2.05) is 0 Å². The van der Waals surface area contributed by atoms with Gasteiger partial charge in [-0.1, -0.05) is 46.1 Å². The molecule has 11 heteroatoms. The van der Waals surface area contributed by atoms with E-state index in [0.717, 1.165) is 4.70 Å². The molecule has 0 saturated carbocycles. The number of furan rings is 1. The number of aromatic nitrogens is 1. The van der Waals surface area contributed by atoms with E-state index in [2.05, 4.69) is 15.6 Å². The van der Waals surface area contributed by atoms with Crippen molar-refractivity contribution in [2.45, 2.75) is 0 Å². The number of thiocarbonyl (C=S) groups is 1. The van der Waals surface area contributed by atoms with Crippen LogP contribution in [-0.2, 0) is 0 Å². The topological polar surface area (TPSA) is 76.4 Å². The number of fused-ring (bicyclic) bond motifs is 1. The molecule has 158 valence electrons. The molecule has 31 heavy (non-hydrogen) atoms. The van der Waals surface area contributed by atoms with Crippen molar-refractivity contribution in [1.29, 1.82) is 0 Å². The Kier molecular flexibility index (Phi) is 6.36. The summed E-state index contributed by atoms with van der Waals surface area (Å²) < 4.78 is 11.7. The SMILES string of the molecule is COc1cc2sc(NC(=S)NC(=O)c3ccc(-c4ccc(Cl)c(Cl)c4)o3)nc2cc1Cl. The Balaban J connectivity index is 1.44. The van der Waals surface area contributed by atoms with Crippen LogP contribution in [0.4, 0.5) is 5.13 Å². The van der Waals surface area contributed by atoms with Gasteiger partial charge in [-0.05, 0) is 48.6 Å². The van der Waals surface area contributed by atoms with Crippen LogP contribution in [0.3, 0.4) is 0 Å². The van der Waals surface area contributed by atoms with Gasteiger partial charge >= 0.3 is 0 Å². The number of anilines is 1. The average molecular weight is 513 g/mol. The molecule has 0 saturated heterocycles. The lowest BCUT2D eigenvalue weighted by Crippen LogP contribution is -2.33. The minimum Gasteiger partial charge on any atom is -0.495 e. The van der Waals surface area contributed by atoms with Gasteiger partial charge in [0.1, 0.15) is 11.5 Å². The summed E-state index contributed by atoms with van der Waals surface area (Å²) in [4.78, 5) is 16.9. The van der Waals surface area contributed by atoms with E-state index in [-0.39, 0.29) is 10.9 Å². The molecule has 2 aromatic heterocycles. The van der Waals surface area contributed by atoms with Crippen LogP contribution in [0.2, 0.25) is 15.1 Å². The van der Waals surface area contributed by atoms with Crippen LogP contribution >= 0.6 is 58.4 Å². The Morgan fingerprint density at radius 3 is 2.65 bits per heavy atom. The molecule has 0 fully saturated rings. The Labute approximate surface area is 201 Å². The maximum Gasteiger partial charge on any atom is 0.293 e. The number of thiazole rings is 1. The third kappa shape index (κ3) is 4.78. The minimum atomic E-state index is -0.505. The van der Waals surface area contributed by atoms with E-state index in [1.165, 1.54) is 11.3 Å². The summed E-state index contributed by atoms with van der Waals surface area (Å²) in [5.74, 6) is 0.608. The number of nitrogens with zero attached hydrogens (tertiary/aromatic N) is 1. The molecule has 0 atom stereocenters. The molecule has 0 aliphatic carbocycles. The number of hydrogen-bond donors (Lipinski definition) is 2. The number of nitrogens with one attached hydrogen (secondary N) is 2. The maximum atomic E-state index is 12.5. The smallest absolute Gasteiger partial charge is 0.293 e. The van der Waals surface area contributed by atoms with Crippen LogP contribution in [0.25, 0.3) is 21.5 Å². The fourth-order valence-corrected chi connectivity index (χ4v) is 4.36. The van der Waals surface area contributed by atoms with Crippen LogP contribution < -0.4 is 15.4 Å². The molecule has 0 bridgehead atoms. The molecule has 0 aliphatic heterocycles. The molecule has 1 amide bonds. The van der Waals surface area contributed by atoms with Gasteiger partial charge in [0.25, 0.3) is 5.91 Å². The van der Waals surface area contributed by atoms with Gasteiger partial charge in [-0.15, -0.1) is 0 Å². The van der Waals surface area contributed by atoms with Crippen LogP contribution in [0.15, 0.2) is 46.9 Å². The number of halogens is 3. The second-order valence-corrected chi connectivity index (χ2v) is 8.84. The number of carbonyl (C=O) groups is 1. The van der Waals surface area contributed by atoms with Crippen LogP contribution in [0, 0.1) is 0 Å². The first-order valence-corrected chi connectivity index (χ1v) is 11.0. The molecule has 2 aromatic carbocycles. The van der Waals surface area contributed by atoms with Crippen molar-refractivity contribution in [3.63, 3.8) is 0 Å². The zero-order valence-electron chi connectivity index (χ0n) is 15.7. The lowest BCUT2D eigenvalue weighted by Gasteiger charge is -2.05. The molecule has 4 aromatic rings. The fourth-order valence-electron chi connectivity index (χ4n) is 2.70. The highest BCUT2D eigenvalue weighted by Crippen LogP contribution is 2.34. The molecule has 2 heterocycles. The zero-order valence-corrected chi connectivity index (χ0v) is 19.6. The summed E-state index contributed by atoms with van der Waals surface area (Å²) in [6, 6.07) is 11.8. The Bertz CT molecular complexity index is 1320. The lowest BCUT2D eigenvalue weighted by molar-refractivity contribution is 0.0951. The predicted molar refractivity (Wildman–Crippen MR) is 129 cm³/mol. The Morgan fingerprint density at radius 2 is 1.90 bits per heavy atom. The third-order valence-corrected chi connectivity index (χ3v) is 6.32. The number of ether oxygens (including phenoxy) is 1. The molecular formula is C20H12Cl3N3O3S2. The van der Waals surface area contributed by atoms with E-state index in [9.17, 15) is 4.79 Å². The van der Waals surface area contributed by atoms with Crippen LogP contribution in [0.5, 0.6) is 5.75 Å². The molecule has 0 spiro atoms. The first-order valence-electron chi connectivity index (χ1n) is 8.65. The van der Waals surface area contributed by atoms with Crippen LogP contribution in [0.1, 0.15) is 10.6 Å². The van der Waals surface area contributed by atoms with E-state index >= 15 is 0 Å². The standard InChI is InChI=1S/C20H12Cl3N3O3S2/c1-28-16-8-17-13(7-12(16)23)24-20(31-17)26-19(30)25-18(27)15-5-4-14(29-15)9-2-3-10(21)11(22)6-9/h2-8H,1H3,(H2,24,25,26,27,30). The second kappa shape index (κ2) is 9.02. The van der Waals surface area contributed by atoms with E-state index in [4.69, 9.17) is 56.2 Å². The van der Waals surface area contributed by atoms with Gasteiger partial charge < -0.3 is 14.5 Å². The number of amides is 1. The van der Waals surface area contributed by atoms with Crippen molar-refractivity contribution in [3.8, 4) is 17.1 Å². The number of hydrogen-bond acceptors (Lipinski definition) is 6. The largest absolute Gasteiger partial charge is 0.495 e. The summed E-state index contributed by atoms with van der Waals surface area (Å²) in [5, 5.41) is 7.31. The highest BCUT2D eigenvalue weighted by molar-refractivity contribution is 7.80. The van der Waals surface area contributed by atoms with Crippen molar-refractivity contribution in [3.05, 3.63) is 63.3 Å². The summed E-state index contributed by atoms with van der Waals surface area (Å²) >= 11 is 24.7. The fraction of sp³-hybridized carbons (Fsp3) is 0.0500. The summed E-state index contributed by atoms with van der Waals surface area (Å²) in [6.07, 6.45) is 0. The van der Waals surface area contributed by atoms with E-state index < -0.39 is 5.91 Å². The number of benzene rings is 2. The van der Waals surface area contributed by atoms with Gasteiger partial charge in [0.15, 0.2) is 16.0 Å². The van der Waals surface area contributed by atoms with Crippen molar-refractivity contribution < 1.29 is 13.9 Å². The summed E-state index contributed by atoms with van der Waals surface area (Å²) in [5.41, 5.74) is 1.38. The van der Waals surface area contributed by atoms with Crippen molar-refractivity contribution in [2.24, 2.45) is 0 Å². The van der Waals surface area contributed by atoms with Crippen molar-refractivity contribution in [2.75, 3.05) is 12.4 Å². The quantitative estimate of drug-likeness (QED) is 0.298. The molecule has 0 unspecified atom stereocenters. The average Bonchev–Trinajstić information content (AvgIpc) is 3.36. The first-order chi connectivity index (χ1) is 14.8. The van der Waals surface area contributed by atoms with E-state index in [0.29, 0.717) is 42.8 Å². The van der Waals surface area contributed by atoms with Crippen molar-refractivity contribution in [1.82, 2.24) is 10.3 Å². The van der Waals surface area contributed by atoms with Gasteiger partial charge in [0, 0.05) is 11.6 Å². The van der Waals surface area contributed by atoms with Gasteiger partial charge in [0.2, 0.25) is 0 Å². The maximum absolute atomic E-state index is 12.5. The predicted octanol–water partition coefficient (Wildman–Crippen LogP) is 6.65. The van der Waals surface area contributed by atoms with Gasteiger partial charge in [0.05, 0.1) is 32.4 Å². The van der Waals surface area contributed by atoms with Gasteiger partial charge in [-0.25, -0.2) is 4.98 Å². The monoisotopic (exact) mass is 511 g/mol. The molecular weight excluding hydrogens is 501 g/mol. The molecule has 2 N–H and O–H groups in total. The van der Waals surface area contributed by atoms with Gasteiger partial charge in [-0.3, -0.25) is 10.1 Å². The number of methoxy groups -OCH3 is 1. The minimum absolute atomic E-state index is 0.0783. The summed E-state index contributed by atoms with van der Waals surface area (Å²) in [6.45, 7) is 0.